The zero-order valence-corrected chi connectivity index (χ0v) is 11.2. The van der Waals surface area contributed by atoms with Crippen molar-refractivity contribution in [3.63, 3.8) is 0 Å². The van der Waals surface area contributed by atoms with Crippen LogP contribution in [0, 0.1) is 6.92 Å². The highest BCUT2D eigenvalue weighted by Gasteiger charge is 2.19. The summed E-state index contributed by atoms with van der Waals surface area (Å²) in [6, 6.07) is 6.93. The lowest BCUT2D eigenvalue weighted by atomic mass is 10.2. The Balaban J connectivity index is 3.06. The van der Waals surface area contributed by atoms with E-state index in [9.17, 15) is 8.42 Å². The van der Waals surface area contributed by atoms with Crippen LogP contribution in [0.3, 0.4) is 0 Å². The van der Waals surface area contributed by atoms with Gasteiger partial charge in [0.2, 0.25) is 10.0 Å². The van der Waals surface area contributed by atoms with Gasteiger partial charge in [-0.3, -0.25) is 0 Å². The van der Waals surface area contributed by atoms with Crippen LogP contribution in [0.5, 0.6) is 0 Å². The standard InChI is InChI=1S/C10H14BrNO2S/c1-9-4-3-5-10(8-9)15(13,14)12(2)7-6-11/h3-5,8H,6-7H2,1-2H3. The van der Waals surface area contributed by atoms with Gasteiger partial charge in [-0.2, -0.15) is 0 Å². The molecule has 1 aromatic carbocycles. The van der Waals surface area contributed by atoms with Crippen LogP contribution in [0.2, 0.25) is 0 Å². The van der Waals surface area contributed by atoms with Crippen molar-refractivity contribution < 1.29 is 8.42 Å². The van der Waals surface area contributed by atoms with Crippen molar-refractivity contribution in [1.29, 1.82) is 0 Å². The van der Waals surface area contributed by atoms with E-state index < -0.39 is 10.0 Å². The predicted octanol–water partition coefficient (Wildman–Crippen LogP) is 2.01. The molecule has 0 fully saturated rings. The smallest absolute Gasteiger partial charge is 0.207 e. The van der Waals surface area contributed by atoms with Crippen molar-refractivity contribution in [1.82, 2.24) is 4.31 Å². The van der Waals surface area contributed by atoms with E-state index in [2.05, 4.69) is 15.9 Å². The Morgan fingerprint density at radius 1 is 1.40 bits per heavy atom. The fourth-order valence-electron chi connectivity index (χ4n) is 1.19. The Morgan fingerprint density at radius 2 is 2.07 bits per heavy atom. The van der Waals surface area contributed by atoms with E-state index in [1.165, 1.54) is 4.31 Å². The van der Waals surface area contributed by atoms with Crippen molar-refractivity contribution in [2.45, 2.75) is 11.8 Å². The number of halogens is 1. The number of sulfonamides is 1. The molecule has 0 N–H and O–H groups in total. The first-order valence-corrected chi connectivity index (χ1v) is 7.13. The highest BCUT2D eigenvalue weighted by molar-refractivity contribution is 9.09. The Kier molecular flexibility index (Phi) is 4.31. The van der Waals surface area contributed by atoms with Crippen molar-refractivity contribution in [2.75, 3.05) is 18.9 Å². The monoisotopic (exact) mass is 291 g/mol. The molecule has 0 saturated carbocycles. The quantitative estimate of drug-likeness (QED) is 0.796. The maximum absolute atomic E-state index is 12.0. The number of hydrogen-bond acceptors (Lipinski definition) is 2. The lowest BCUT2D eigenvalue weighted by Crippen LogP contribution is -2.28. The van der Waals surface area contributed by atoms with Gasteiger partial charge in [0.25, 0.3) is 0 Å². The van der Waals surface area contributed by atoms with Gasteiger partial charge in [-0.1, -0.05) is 28.1 Å². The molecule has 84 valence electrons. The van der Waals surface area contributed by atoms with Gasteiger partial charge in [0, 0.05) is 18.9 Å². The summed E-state index contributed by atoms with van der Waals surface area (Å²) in [7, 11) is -1.74. The van der Waals surface area contributed by atoms with E-state index in [4.69, 9.17) is 0 Å². The second-order valence-electron chi connectivity index (χ2n) is 3.33. The Bertz CT molecular complexity index is 431. The van der Waals surface area contributed by atoms with Gasteiger partial charge >= 0.3 is 0 Å². The van der Waals surface area contributed by atoms with Crippen LogP contribution >= 0.6 is 15.9 Å². The number of aryl methyl sites for hydroxylation is 1. The van der Waals surface area contributed by atoms with Gasteiger partial charge in [-0.15, -0.1) is 0 Å². The van der Waals surface area contributed by atoms with E-state index in [1.807, 2.05) is 13.0 Å². The third-order valence-electron chi connectivity index (χ3n) is 2.10. The maximum atomic E-state index is 12.0. The van der Waals surface area contributed by atoms with Crippen molar-refractivity contribution in [2.24, 2.45) is 0 Å². The number of nitrogens with zero attached hydrogens (tertiary/aromatic N) is 1. The summed E-state index contributed by atoms with van der Waals surface area (Å²) >= 11 is 3.22. The second kappa shape index (κ2) is 5.09. The lowest BCUT2D eigenvalue weighted by molar-refractivity contribution is 0.489. The molecular formula is C10H14BrNO2S. The van der Waals surface area contributed by atoms with Gasteiger partial charge in [0.1, 0.15) is 0 Å². The number of rotatable bonds is 4. The van der Waals surface area contributed by atoms with Crippen LogP contribution in [0.4, 0.5) is 0 Å². The van der Waals surface area contributed by atoms with Crippen LogP contribution in [0.1, 0.15) is 5.56 Å². The minimum Gasteiger partial charge on any atom is -0.207 e. The first-order valence-electron chi connectivity index (χ1n) is 4.57. The Morgan fingerprint density at radius 3 is 2.60 bits per heavy atom. The molecular weight excluding hydrogens is 278 g/mol. The summed E-state index contributed by atoms with van der Waals surface area (Å²) in [4.78, 5) is 0.353. The fraction of sp³-hybridized carbons (Fsp3) is 0.400. The molecule has 0 radical (unpaired) electrons. The third-order valence-corrected chi connectivity index (χ3v) is 4.30. The normalized spacial score (nSPS) is 12.0. The molecule has 1 rings (SSSR count). The molecule has 0 saturated heterocycles. The fourth-order valence-corrected chi connectivity index (χ4v) is 3.24. The van der Waals surface area contributed by atoms with Gasteiger partial charge < -0.3 is 0 Å². The summed E-state index contributed by atoms with van der Waals surface area (Å²) in [5, 5.41) is 0.633. The van der Waals surface area contributed by atoms with Gasteiger partial charge in [0.05, 0.1) is 4.90 Å². The average Bonchev–Trinajstić information content (AvgIpc) is 2.18. The van der Waals surface area contributed by atoms with Crippen LogP contribution in [-0.4, -0.2) is 31.6 Å². The molecule has 3 nitrogen and oxygen atoms in total. The van der Waals surface area contributed by atoms with Crippen molar-refractivity contribution >= 4 is 26.0 Å². The Labute approximate surface area is 99.3 Å². The predicted molar refractivity (Wildman–Crippen MR) is 64.8 cm³/mol. The molecule has 0 aliphatic carbocycles. The minimum absolute atomic E-state index is 0.353. The number of alkyl halides is 1. The molecule has 1 aromatic rings. The van der Waals surface area contributed by atoms with Gasteiger partial charge in [-0.05, 0) is 24.6 Å². The molecule has 0 heterocycles. The van der Waals surface area contributed by atoms with Gasteiger partial charge in [0.15, 0.2) is 0 Å². The van der Waals surface area contributed by atoms with Crippen molar-refractivity contribution in [3.8, 4) is 0 Å². The van der Waals surface area contributed by atoms with E-state index in [0.717, 1.165) is 5.56 Å². The van der Waals surface area contributed by atoms with E-state index >= 15 is 0 Å². The first kappa shape index (κ1) is 12.7. The topological polar surface area (TPSA) is 37.4 Å². The number of hydrogen-bond donors (Lipinski definition) is 0. The molecule has 0 atom stereocenters. The molecule has 0 unspecified atom stereocenters. The van der Waals surface area contributed by atoms with Crippen LogP contribution in [0.25, 0.3) is 0 Å². The van der Waals surface area contributed by atoms with Crippen LogP contribution < -0.4 is 0 Å². The lowest BCUT2D eigenvalue weighted by Gasteiger charge is -2.15. The highest BCUT2D eigenvalue weighted by atomic mass is 79.9. The van der Waals surface area contributed by atoms with Gasteiger partial charge in [-0.25, -0.2) is 12.7 Å². The summed E-state index contributed by atoms with van der Waals surface area (Å²) in [5.74, 6) is 0. The van der Waals surface area contributed by atoms with Crippen LogP contribution in [-0.2, 0) is 10.0 Å². The highest BCUT2D eigenvalue weighted by Crippen LogP contribution is 2.15. The van der Waals surface area contributed by atoms with E-state index in [-0.39, 0.29) is 0 Å². The van der Waals surface area contributed by atoms with Crippen LogP contribution in [0.15, 0.2) is 29.2 Å². The summed E-state index contributed by atoms with van der Waals surface area (Å²) in [5.41, 5.74) is 0.948. The summed E-state index contributed by atoms with van der Waals surface area (Å²) in [6.45, 7) is 2.35. The van der Waals surface area contributed by atoms with Crippen molar-refractivity contribution in [3.05, 3.63) is 29.8 Å². The molecule has 0 aliphatic heterocycles. The molecule has 0 aromatic heterocycles. The zero-order chi connectivity index (χ0) is 11.5. The molecule has 5 heteroatoms. The minimum atomic E-state index is -3.32. The average molecular weight is 292 g/mol. The SMILES string of the molecule is Cc1cccc(S(=O)(=O)N(C)CCBr)c1. The molecule has 0 bridgehead atoms. The number of benzene rings is 1. The van der Waals surface area contributed by atoms with E-state index in [1.54, 1.807) is 25.2 Å². The molecule has 0 amide bonds. The first-order chi connectivity index (χ1) is 6.98. The molecule has 0 spiro atoms. The molecule has 0 aliphatic rings. The molecule has 15 heavy (non-hydrogen) atoms. The maximum Gasteiger partial charge on any atom is 0.242 e. The Hall–Kier alpha value is -0.390. The largest absolute Gasteiger partial charge is 0.242 e. The summed E-state index contributed by atoms with van der Waals surface area (Å²) in [6.07, 6.45) is 0. The zero-order valence-electron chi connectivity index (χ0n) is 8.77. The second-order valence-corrected chi connectivity index (χ2v) is 6.17. The van der Waals surface area contributed by atoms with E-state index in [0.29, 0.717) is 16.8 Å². The summed E-state index contributed by atoms with van der Waals surface area (Å²) < 4.78 is 25.3. The third kappa shape index (κ3) is 3.03.